The number of aliphatic hydroxyl groups excluding tert-OH is 1. The number of nitrogens with zero attached hydrogens (tertiary/aromatic N) is 3. The molecule has 4 rings (SSSR count). The summed E-state index contributed by atoms with van der Waals surface area (Å²) in [4.78, 5) is 6.75. The van der Waals surface area contributed by atoms with Crippen LogP contribution in [0, 0.1) is 6.92 Å². The summed E-state index contributed by atoms with van der Waals surface area (Å²) < 4.78 is 2.21. The highest BCUT2D eigenvalue weighted by atomic mass is 32.1. The van der Waals surface area contributed by atoms with Gasteiger partial charge in [0.2, 0.25) is 0 Å². The van der Waals surface area contributed by atoms with E-state index in [1.54, 1.807) is 0 Å². The van der Waals surface area contributed by atoms with Crippen LogP contribution in [0.25, 0.3) is 5.69 Å². The second-order valence-corrected chi connectivity index (χ2v) is 7.42. The number of thiocarbonyl (C=S) groups is 1. The standard InChI is InChI=1S/C22H24N4OS/c1-16-8-10-17(11-9-16)25-13-4-7-19(25)21-20(18-6-2-3-12-23-18)24-22(28)26(21)14-5-15-27/h2-4,6-13,20-21,27H,5,14-15H2,1H3,(H,24,28)/t20-,21+/m0/s1. The fourth-order valence-corrected chi connectivity index (χ4v) is 4.12. The Kier molecular flexibility index (Phi) is 5.41. The molecular formula is C22H24N4OS. The summed E-state index contributed by atoms with van der Waals surface area (Å²) in [5, 5.41) is 13.5. The molecular weight excluding hydrogens is 368 g/mol. The molecule has 0 saturated carbocycles. The smallest absolute Gasteiger partial charge is 0.170 e. The maximum atomic E-state index is 9.36. The van der Waals surface area contributed by atoms with E-state index in [-0.39, 0.29) is 18.7 Å². The Labute approximate surface area is 170 Å². The van der Waals surface area contributed by atoms with Crippen LogP contribution in [0.2, 0.25) is 0 Å². The zero-order valence-corrected chi connectivity index (χ0v) is 16.6. The quantitative estimate of drug-likeness (QED) is 0.629. The average Bonchev–Trinajstić information content (AvgIpc) is 3.32. The molecule has 1 aromatic carbocycles. The summed E-state index contributed by atoms with van der Waals surface area (Å²) in [6.07, 6.45) is 4.56. The van der Waals surface area contributed by atoms with Gasteiger partial charge in [-0.05, 0) is 62.0 Å². The first-order chi connectivity index (χ1) is 13.7. The highest BCUT2D eigenvalue weighted by molar-refractivity contribution is 7.80. The molecule has 0 spiro atoms. The molecule has 2 aromatic heterocycles. The van der Waals surface area contributed by atoms with E-state index < -0.39 is 0 Å². The third-order valence-electron chi connectivity index (χ3n) is 5.15. The van der Waals surface area contributed by atoms with Crippen molar-refractivity contribution in [3.8, 4) is 5.69 Å². The summed E-state index contributed by atoms with van der Waals surface area (Å²) in [5.74, 6) is 0. The molecule has 0 bridgehead atoms. The Morgan fingerprint density at radius 2 is 1.93 bits per heavy atom. The average molecular weight is 393 g/mol. The second-order valence-electron chi connectivity index (χ2n) is 7.04. The Hall–Kier alpha value is -2.70. The fourth-order valence-electron chi connectivity index (χ4n) is 3.78. The van der Waals surface area contributed by atoms with Crippen LogP contribution >= 0.6 is 12.2 Å². The van der Waals surface area contributed by atoms with E-state index >= 15 is 0 Å². The SMILES string of the molecule is Cc1ccc(-n2cccc2[C@@H]2[C@H](c3ccccn3)NC(=S)N2CCCO)cc1. The summed E-state index contributed by atoms with van der Waals surface area (Å²) >= 11 is 5.66. The summed E-state index contributed by atoms with van der Waals surface area (Å²) in [5.41, 5.74) is 4.45. The van der Waals surface area contributed by atoms with Crippen molar-refractivity contribution < 1.29 is 5.11 Å². The summed E-state index contributed by atoms with van der Waals surface area (Å²) in [7, 11) is 0. The minimum atomic E-state index is -0.0495. The molecule has 3 heterocycles. The van der Waals surface area contributed by atoms with Crippen molar-refractivity contribution in [2.75, 3.05) is 13.2 Å². The Balaban J connectivity index is 1.78. The van der Waals surface area contributed by atoms with Crippen molar-refractivity contribution in [2.45, 2.75) is 25.4 Å². The second kappa shape index (κ2) is 8.12. The number of aliphatic hydroxyl groups is 1. The lowest BCUT2D eigenvalue weighted by atomic mass is 10.0. The minimum Gasteiger partial charge on any atom is -0.396 e. The van der Waals surface area contributed by atoms with Gasteiger partial charge in [0.15, 0.2) is 5.11 Å². The largest absolute Gasteiger partial charge is 0.396 e. The Bertz CT molecular complexity index is 939. The lowest BCUT2D eigenvalue weighted by molar-refractivity contribution is 0.245. The zero-order chi connectivity index (χ0) is 19.5. The molecule has 3 aromatic rings. The molecule has 1 aliphatic heterocycles. The van der Waals surface area contributed by atoms with Crippen molar-refractivity contribution in [2.24, 2.45) is 0 Å². The van der Waals surface area contributed by atoms with Crippen LogP contribution in [-0.2, 0) is 0 Å². The lowest BCUT2D eigenvalue weighted by Crippen LogP contribution is -2.31. The van der Waals surface area contributed by atoms with Crippen LogP contribution in [0.15, 0.2) is 67.0 Å². The molecule has 1 saturated heterocycles. The molecule has 1 aliphatic rings. The molecule has 5 nitrogen and oxygen atoms in total. The molecule has 0 amide bonds. The predicted octanol–water partition coefficient (Wildman–Crippen LogP) is 3.54. The van der Waals surface area contributed by atoms with Gasteiger partial charge in [0, 0.05) is 36.9 Å². The molecule has 0 unspecified atom stereocenters. The first kappa shape index (κ1) is 18.7. The number of pyridine rings is 1. The number of nitrogens with one attached hydrogen (secondary N) is 1. The normalized spacial score (nSPS) is 19.1. The van der Waals surface area contributed by atoms with Gasteiger partial charge in [-0.25, -0.2) is 0 Å². The topological polar surface area (TPSA) is 53.3 Å². The van der Waals surface area contributed by atoms with E-state index in [1.165, 1.54) is 5.56 Å². The van der Waals surface area contributed by atoms with Crippen molar-refractivity contribution in [3.63, 3.8) is 0 Å². The number of aryl methyl sites for hydroxylation is 1. The van der Waals surface area contributed by atoms with E-state index in [9.17, 15) is 5.11 Å². The van der Waals surface area contributed by atoms with Gasteiger partial charge in [-0.15, -0.1) is 0 Å². The first-order valence-corrected chi connectivity index (χ1v) is 9.93. The highest BCUT2D eigenvalue weighted by Gasteiger charge is 2.40. The van der Waals surface area contributed by atoms with Gasteiger partial charge < -0.3 is 19.9 Å². The number of aromatic nitrogens is 2. The number of benzene rings is 1. The minimum absolute atomic E-state index is 0.00902. The number of hydrogen-bond donors (Lipinski definition) is 2. The number of rotatable bonds is 6. The van der Waals surface area contributed by atoms with Crippen LogP contribution in [0.5, 0.6) is 0 Å². The van der Waals surface area contributed by atoms with Gasteiger partial charge in [-0.1, -0.05) is 23.8 Å². The van der Waals surface area contributed by atoms with Crippen molar-refractivity contribution in [1.82, 2.24) is 19.8 Å². The van der Waals surface area contributed by atoms with E-state index in [0.717, 1.165) is 17.1 Å². The molecule has 0 radical (unpaired) electrons. The molecule has 28 heavy (non-hydrogen) atoms. The monoisotopic (exact) mass is 392 g/mol. The van der Waals surface area contributed by atoms with Crippen molar-refractivity contribution in [3.05, 3.63) is 83.9 Å². The highest BCUT2D eigenvalue weighted by Crippen LogP contribution is 2.39. The summed E-state index contributed by atoms with van der Waals surface area (Å²) in [6.45, 7) is 2.92. The summed E-state index contributed by atoms with van der Waals surface area (Å²) in [6, 6.07) is 18.6. The van der Waals surface area contributed by atoms with E-state index in [1.807, 2.05) is 24.4 Å². The maximum Gasteiger partial charge on any atom is 0.170 e. The van der Waals surface area contributed by atoms with Gasteiger partial charge in [0.05, 0.1) is 17.8 Å². The van der Waals surface area contributed by atoms with Crippen LogP contribution in [0.1, 0.15) is 35.5 Å². The molecule has 2 atom stereocenters. The third-order valence-corrected chi connectivity index (χ3v) is 5.50. The molecule has 2 N–H and O–H groups in total. The zero-order valence-electron chi connectivity index (χ0n) is 15.8. The maximum absolute atomic E-state index is 9.36. The van der Waals surface area contributed by atoms with E-state index in [2.05, 4.69) is 69.3 Å². The van der Waals surface area contributed by atoms with E-state index in [4.69, 9.17) is 12.2 Å². The van der Waals surface area contributed by atoms with E-state index in [0.29, 0.717) is 18.1 Å². The van der Waals surface area contributed by atoms with Crippen molar-refractivity contribution in [1.29, 1.82) is 0 Å². The van der Waals surface area contributed by atoms with Crippen LogP contribution < -0.4 is 5.32 Å². The molecule has 0 aliphatic carbocycles. The van der Waals surface area contributed by atoms with Gasteiger partial charge in [0.1, 0.15) is 0 Å². The van der Waals surface area contributed by atoms with Gasteiger partial charge in [0.25, 0.3) is 0 Å². The molecule has 1 fully saturated rings. The van der Waals surface area contributed by atoms with Crippen LogP contribution in [0.3, 0.4) is 0 Å². The third kappa shape index (κ3) is 3.53. The van der Waals surface area contributed by atoms with Crippen molar-refractivity contribution >= 4 is 17.3 Å². The number of hydrogen-bond acceptors (Lipinski definition) is 3. The Morgan fingerprint density at radius 1 is 1.11 bits per heavy atom. The Morgan fingerprint density at radius 3 is 2.64 bits per heavy atom. The first-order valence-electron chi connectivity index (χ1n) is 9.52. The van der Waals surface area contributed by atoms with Gasteiger partial charge in [-0.3, -0.25) is 4.98 Å². The predicted molar refractivity (Wildman–Crippen MR) is 114 cm³/mol. The molecule has 144 valence electrons. The van der Waals surface area contributed by atoms with Crippen LogP contribution in [-0.4, -0.2) is 37.8 Å². The molecule has 6 heteroatoms. The fraction of sp³-hybridized carbons (Fsp3) is 0.273. The van der Waals surface area contributed by atoms with Crippen LogP contribution in [0.4, 0.5) is 0 Å². The lowest BCUT2D eigenvalue weighted by Gasteiger charge is -2.28. The van der Waals surface area contributed by atoms with Gasteiger partial charge in [-0.2, -0.15) is 0 Å². The van der Waals surface area contributed by atoms with Gasteiger partial charge >= 0.3 is 0 Å².